The molecule has 2 amide bonds. The summed E-state index contributed by atoms with van der Waals surface area (Å²) >= 11 is 0. The van der Waals surface area contributed by atoms with Crippen molar-refractivity contribution in [2.75, 3.05) is 10.6 Å². The zero-order valence-electron chi connectivity index (χ0n) is 16.3. The van der Waals surface area contributed by atoms with E-state index in [2.05, 4.69) is 20.1 Å². The van der Waals surface area contributed by atoms with E-state index < -0.39 is 36.3 Å². The van der Waals surface area contributed by atoms with Crippen molar-refractivity contribution in [2.24, 2.45) is 0 Å². The molecular weight excluding hydrogens is 396 g/mol. The first-order valence-electron chi connectivity index (χ1n) is 8.70. The highest BCUT2D eigenvalue weighted by Crippen LogP contribution is 2.07. The fourth-order valence-corrected chi connectivity index (χ4v) is 1.76. The summed E-state index contributed by atoms with van der Waals surface area (Å²) in [4.78, 5) is 43.0. The van der Waals surface area contributed by atoms with Gasteiger partial charge in [-0.05, 0) is 38.1 Å². The van der Waals surface area contributed by atoms with Gasteiger partial charge in [-0.3, -0.25) is 10.6 Å². The molecule has 0 saturated carbocycles. The first-order valence-corrected chi connectivity index (χ1v) is 8.70. The van der Waals surface area contributed by atoms with Crippen molar-refractivity contribution >= 4 is 35.5 Å². The van der Waals surface area contributed by atoms with Gasteiger partial charge in [-0.25, -0.2) is 19.2 Å². The minimum Gasteiger partial charge on any atom is -0.479 e. The molecule has 2 aromatic rings. The fourth-order valence-electron chi connectivity index (χ4n) is 1.76. The number of aliphatic carboxylic acids is 2. The third-order valence-electron chi connectivity index (χ3n) is 3.30. The van der Waals surface area contributed by atoms with Crippen LogP contribution in [0, 0.1) is 0 Å². The molecular formula is C20H22N2O8. The van der Waals surface area contributed by atoms with Crippen LogP contribution in [0.3, 0.4) is 0 Å². The van der Waals surface area contributed by atoms with Gasteiger partial charge in [0.05, 0.1) is 0 Å². The second kappa shape index (κ2) is 12.4. The third-order valence-corrected chi connectivity index (χ3v) is 3.30. The van der Waals surface area contributed by atoms with Gasteiger partial charge in [0.1, 0.15) is 0 Å². The Balaban J connectivity index is 0.000000300. The molecule has 0 aliphatic heterocycles. The molecule has 0 radical (unpaired) electrons. The summed E-state index contributed by atoms with van der Waals surface area (Å²) in [6, 6.07) is 17.3. The molecule has 10 heteroatoms. The molecule has 0 aliphatic rings. The van der Waals surface area contributed by atoms with Crippen molar-refractivity contribution in [3.8, 4) is 0 Å². The lowest BCUT2D eigenvalue weighted by molar-refractivity contribution is -0.146. The van der Waals surface area contributed by atoms with E-state index in [9.17, 15) is 19.2 Å². The highest BCUT2D eigenvalue weighted by Gasteiger charge is 2.16. The molecule has 0 unspecified atom stereocenters. The lowest BCUT2D eigenvalue weighted by atomic mass is 10.3. The molecule has 0 aliphatic carbocycles. The van der Waals surface area contributed by atoms with Gasteiger partial charge in [0.25, 0.3) is 0 Å². The van der Waals surface area contributed by atoms with Crippen molar-refractivity contribution in [2.45, 2.75) is 26.1 Å². The van der Waals surface area contributed by atoms with E-state index in [-0.39, 0.29) is 0 Å². The third kappa shape index (κ3) is 9.74. The summed E-state index contributed by atoms with van der Waals surface area (Å²) in [7, 11) is 0. The quantitative estimate of drug-likeness (QED) is 0.557. The molecule has 0 aromatic heterocycles. The predicted molar refractivity (Wildman–Crippen MR) is 107 cm³/mol. The van der Waals surface area contributed by atoms with Crippen LogP contribution in [0.5, 0.6) is 0 Å². The molecule has 0 fully saturated rings. The normalized spacial score (nSPS) is 11.5. The number of para-hydroxylation sites is 2. The van der Waals surface area contributed by atoms with Crippen LogP contribution in [0.1, 0.15) is 13.8 Å². The Kier molecular flexibility index (Phi) is 9.90. The zero-order chi connectivity index (χ0) is 22.5. The summed E-state index contributed by atoms with van der Waals surface area (Å²) in [6.45, 7) is 2.57. The van der Waals surface area contributed by atoms with Crippen LogP contribution >= 0.6 is 0 Å². The first-order chi connectivity index (χ1) is 14.2. The van der Waals surface area contributed by atoms with Crippen molar-refractivity contribution in [1.29, 1.82) is 0 Å². The largest absolute Gasteiger partial charge is 0.479 e. The number of hydrogen-bond acceptors (Lipinski definition) is 6. The van der Waals surface area contributed by atoms with Crippen molar-refractivity contribution in [1.82, 2.24) is 0 Å². The maximum atomic E-state index is 11.1. The number of anilines is 2. The SMILES string of the molecule is C[C@@H](OC(=O)Nc1ccccc1)C(=O)O.C[C@H](OC(=O)Nc1ccccc1)C(=O)O. The number of nitrogens with one attached hydrogen (secondary N) is 2. The van der Waals surface area contributed by atoms with Crippen LogP contribution in [0.4, 0.5) is 21.0 Å². The van der Waals surface area contributed by atoms with E-state index in [0.29, 0.717) is 11.4 Å². The maximum Gasteiger partial charge on any atom is 0.412 e. The molecule has 30 heavy (non-hydrogen) atoms. The lowest BCUT2D eigenvalue weighted by Gasteiger charge is -2.09. The summed E-state index contributed by atoms with van der Waals surface area (Å²) in [5, 5.41) is 21.8. The second-order valence-corrected chi connectivity index (χ2v) is 5.75. The minimum atomic E-state index is -1.18. The van der Waals surface area contributed by atoms with Gasteiger partial charge in [0.2, 0.25) is 0 Å². The Morgan fingerprint density at radius 3 is 1.23 bits per heavy atom. The van der Waals surface area contributed by atoms with Crippen LogP contribution in [0.2, 0.25) is 0 Å². The molecule has 0 spiro atoms. The number of hydrogen-bond donors (Lipinski definition) is 4. The van der Waals surface area contributed by atoms with Crippen LogP contribution in [0.15, 0.2) is 60.7 Å². The van der Waals surface area contributed by atoms with Crippen LogP contribution in [-0.4, -0.2) is 46.5 Å². The molecule has 2 atom stereocenters. The van der Waals surface area contributed by atoms with E-state index in [1.807, 2.05) is 0 Å². The van der Waals surface area contributed by atoms with Crippen molar-refractivity contribution < 1.29 is 38.9 Å². The van der Waals surface area contributed by atoms with Crippen molar-refractivity contribution in [3.05, 3.63) is 60.7 Å². The predicted octanol–water partition coefficient (Wildman–Crippen LogP) is 3.42. The number of carbonyl (C=O) groups excluding carboxylic acids is 2. The number of ether oxygens (including phenoxy) is 2. The van der Waals surface area contributed by atoms with E-state index in [0.717, 1.165) is 0 Å². The highest BCUT2D eigenvalue weighted by atomic mass is 16.6. The molecule has 0 saturated heterocycles. The Morgan fingerprint density at radius 2 is 0.967 bits per heavy atom. The molecule has 2 rings (SSSR count). The molecule has 0 bridgehead atoms. The average molecular weight is 418 g/mol. The number of carboxylic acids is 2. The number of carboxylic acid groups (broad SMARTS) is 2. The maximum absolute atomic E-state index is 11.1. The number of amides is 2. The highest BCUT2D eigenvalue weighted by molar-refractivity contribution is 5.87. The topological polar surface area (TPSA) is 151 Å². The van der Waals surface area contributed by atoms with Crippen LogP contribution in [-0.2, 0) is 19.1 Å². The molecule has 0 heterocycles. The fraction of sp³-hybridized carbons (Fsp3) is 0.200. The van der Waals surface area contributed by atoms with E-state index in [1.54, 1.807) is 60.7 Å². The zero-order valence-corrected chi connectivity index (χ0v) is 16.3. The van der Waals surface area contributed by atoms with Gasteiger partial charge in [0.15, 0.2) is 12.2 Å². The first kappa shape index (κ1) is 24.0. The summed E-state index contributed by atoms with van der Waals surface area (Å²) in [5.74, 6) is -2.36. The van der Waals surface area contributed by atoms with E-state index >= 15 is 0 Å². The number of benzene rings is 2. The lowest BCUT2D eigenvalue weighted by Crippen LogP contribution is -2.26. The Hall–Kier alpha value is -4.08. The van der Waals surface area contributed by atoms with Gasteiger partial charge < -0.3 is 19.7 Å². The van der Waals surface area contributed by atoms with E-state index in [4.69, 9.17) is 10.2 Å². The summed E-state index contributed by atoms with van der Waals surface area (Å²) in [6.07, 6.45) is -3.88. The summed E-state index contributed by atoms with van der Waals surface area (Å²) < 4.78 is 9.13. The number of rotatable bonds is 6. The molecule has 2 aromatic carbocycles. The monoisotopic (exact) mass is 418 g/mol. The smallest absolute Gasteiger partial charge is 0.412 e. The number of carbonyl (C=O) groups is 4. The van der Waals surface area contributed by atoms with Crippen LogP contribution in [0.25, 0.3) is 0 Å². The van der Waals surface area contributed by atoms with Crippen molar-refractivity contribution in [3.63, 3.8) is 0 Å². The minimum absolute atomic E-state index is 0.556. The average Bonchev–Trinajstić information content (AvgIpc) is 2.69. The second-order valence-electron chi connectivity index (χ2n) is 5.75. The molecule has 4 N–H and O–H groups in total. The Morgan fingerprint density at radius 1 is 0.667 bits per heavy atom. The van der Waals surface area contributed by atoms with Gasteiger partial charge >= 0.3 is 24.1 Å². The van der Waals surface area contributed by atoms with Crippen LogP contribution < -0.4 is 10.6 Å². The Bertz CT molecular complexity index is 771. The summed E-state index contributed by atoms with van der Waals surface area (Å²) in [5.41, 5.74) is 1.11. The van der Waals surface area contributed by atoms with Gasteiger partial charge in [-0.2, -0.15) is 0 Å². The molecule has 10 nitrogen and oxygen atoms in total. The Labute approximate surface area is 172 Å². The van der Waals surface area contributed by atoms with Gasteiger partial charge in [0, 0.05) is 11.4 Å². The van der Waals surface area contributed by atoms with Gasteiger partial charge in [-0.15, -0.1) is 0 Å². The van der Waals surface area contributed by atoms with Gasteiger partial charge in [-0.1, -0.05) is 36.4 Å². The van der Waals surface area contributed by atoms with E-state index in [1.165, 1.54) is 13.8 Å². The molecule has 160 valence electrons. The standard InChI is InChI=1S/2C10H11NO4/c2*1-7(9(12)13)15-10(14)11-8-5-3-2-4-6-8/h2*2-7H,1H3,(H,11,14)(H,12,13)/t2*7-/m10/s1.